The van der Waals surface area contributed by atoms with Gasteiger partial charge in [0, 0.05) is 30.3 Å². The van der Waals surface area contributed by atoms with Crippen LogP contribution in [0.3, 0.4) is 0 Å². The summed E-state index contributed by atoms with van der Waals surface area (Å²) in [5.74, 6) is -2.95. The van der Waals surface area contributed by atoms with Gasteiger partial charge in [-0.2, -0.15) is 0 Å². The lowest BCUT2D eigenvalue weighted by atomic mass is 9.93. The van der Waals surface area contributed by atoms with E-state index in [0.29, 0.717) is 18.7 Å². The minimum atomic E-state index is -2.64. The first-order chi connectivity index (χ1) is 11.3. The lowest BCUT2D eigenvalue weighted by Gasteiger charge is -2.31. The van der Waals surface area contributed by atoms with E-state index in [1.807, 2.05) is 17.2 Å². The zero-order valence-corrected chi connectivity index (χ0v) is 15.6. The number of carbonyl (C=O) groups excluding carboxylic acids is 1. The second-order valence-corrected chi connectivity index (χ2v) is 7.26. The van der Waals surface area contributed by atoms with Crippen molar-refractivity contribution in [1.29, 1.82) is 0 Å². The number of allylic oxidation sites excluding steroid dienone is 1. The molecule has 0 spiro atoms. The van der Waals surface area contributed by atoms with Crippen LogP contribution < -0.4 is 0 Å². The molecule has 0 N–H and O–H groups in total. The average Bonchev–Trinajstić information content (AvgIpc) is 2.89. The van der Waals surface area contributed by atoms with Crippen molar-refractivity contribution in [3.63, 3.8) is 0 Å². The van der Waals surface area contributed by atoms with Crippen molar-refractivity contribution < 1.29 is 18.3 Å². The lowest BCUT2D eigenvalue weighted by molar-refractivity contribution is -0.0161. The SMILES string of the molecule is CCC(=C1CCN(CC(C)(F)F)CC1)c1scc(C(=O)OC)c1C. The second kappa shape index (κ2) is 7.74. The molecule has 0 aromatic carbocycles. The highest BCUT2D eigenvalue weighted by molar-refractivity contribution is 7.11. The van der Waals surface area contributed by atoms with Crippen LogP contribution in [-0.2, 0) is 4.74 Å². The minimum absolute atomic E-state index is 0.174. The number of rotatable bonds is 5. The van der Waals surface area contributed by atoms with Gasteiger partial charge in [-0.05, 0) is 37.3 Å². The number of likely N-dealkylation sites (tertiary alicyclic amines) is 1. The summed E-state index contributed by atoms with van der Waals surface area (Å²) >= 11 is 1.56. The summed E-state index contributed by atoms with van der Waals surface area (Å²) in [6.07, 6.45) is 2.50. The second-order valence-electron chi connectivity index (χ2n) is 6.38. The quantitative estimate of drug-likeness (QED) is 0.712. The molecule has 0 bridgehead atoms. The molecule has 1 fully saturated rings. The Morgan fingerprint density at radius 1 is 1.38 bits per heavy atom. The summed E-state index contributed by atoms with van der Waals surface area (Å²) < 4.78 is 31.1. The monoisotopic (exact) mass is 357 g/mol. The molecule has 134 valence electrons. The van der Waals surface area contributed by atoms with E-state index in [1.165, 1.54) is 18.3 Å². The van der Waals surface area contributed by atoms with Crippen molar-refractivity contribution in [3.8, 4) is 0 Å². The van der Waals surface area contributed by atoms with E-state index in [2.05, 4.69) is 6.92 Å². The summed E-state index contributed by atoms with van der Waals surface area (Å²) in [6.45, 7) is 6.17. The maximum atomic E-state index is 13.2. The van der Waals surface area contributed by atoms with Gasteiger partial charge in [-0.25, -0.2) is 13.6 Å². The molecule has 1 aliphatic rings. The Morgan fingerprint density at radius 2 is 2.00 bits per heavy atom. The highest BCUT2D eigenvalue weighted by Crippen LogP contribution is 2.36. The fourth-order valence-electron chi connectivity index (χ4n) is 3.27. The Kier molecular flexibility index (Phi) is 6.15. The van der Waals surface area contributed by atoms with Crippen molar-refractivity contribution in [3.05, 3.63) is 27.0 Å². The van der Waals surface area contributed by atoms with E-state index in [1.54, 1.807) is 11.3 Å². The molecule has 6 heteroatoms. The predicted molar refractivity (Wildman–Crippen MR) is 93.9 cm³/mol. The van der Waals surface area contributed by atoms with Crippen LogP contribution in [0.5, 0.6) is 0 Å². The van der Waals surface area contributed by atoms with E-state index < -0.39 is 5.92 Å². The van der Waals surface area contributed by atoms with Crippen LogP contribution in [0.25, 0.3) is 5.57 Å². The molecule has 1 aliphatic heterocycles. The lowest BCUT2D eigenvalue weighted by Crippen LogP contribution is -2.39. The number of carbonyl (C=O) groups is 1. The fraction of sp³-hybridized carbons (Fsp3) is 0.611. The summed E-state index contributed by atoms with van der Waals surface area (Å²) in [7, 11) is 1.39. The van der Waals surface area contributed by atoms with E-state index in [0.717, 1.165) is 36.6 Å². The van der Waals surface area contributed by atoms with Gasteiger partial charge in [0.15, 0.2) is 0 Å². The molecule has 1 saturated heterocycles. The number of piperidine rings is 1. The van der Waals surface area contributed by atoms with Gasteiger partial charge in [-0.3, -0.25) is 4.90 Å². The van der Waals surface area contributed by atoms with Gasteiger partial charge in [-0.1, -0.05) is 12.5 Å². The highest BCUT2D eigenvalue weighted by Gasteiger charge is 2.28. The molecule has 0 atom stereocenters. The topological polar surface area (TPSA) is 29.5 Å². The Balaban J connectivity index is 2.19. The Morgan fingerprint density at radius 3 is 2.50 bits per heavy atom. The molecule has 0 radical (unpaired) electrons. The highest BCUT2D eigenvalue weighted by atomic mass is 32.1. The van der Waals surface area contributed by atoms with Crippen LogP contribution in [0, 0.1) is 6.92 Å². The first-order valence-electron chi connectivity index (χ1n) is 8.24. The average molecular weight is 357 g/mol. The van der Waals surface area contributed by atoms with Gasteiger partial charge < -0.3 is 4.74 Å². The number of alkyl halides is 2. The maximum Gasteiger partial charge on any atom is 0.338 e. The molecule has 0 unspecified atom stereocenters. The number of thiophene rings is 1. The van der Waals surface area contributed by atoms with Gasteiger partial charge in [0.05, 0.1) is 19.2 Å². The number of ether oxygens (including phenoxy) is 1. The van der Waals surface area contributed by atoms with Gasteiger partial charge in [0.2, 0.25) is 0 Å². The largest absolute Gasteiger partial charge is 0.465 e. The van der Waals surface area contributed by atoms with Gasteiger partial charge in [-0.15, -0.1) is 11.3 Å². The molecule has 3 nitrogen and oxygen atoms in total. The van der Waals surface area contributed by atoms with Crippen molar-refractivity contribution in [2.24, 2.45) is 0 Å². The summed E-state index contributed by atoms with van der Waals surface area (Å²) in [4.78, 5) is 14.8. The Bertz CT molecular complexity index is 621. The zero-order chi connectivity index (χ0) is 17.9. The van der Waals surface area contributed by atoms with Crippen LogP contribution >= 0.6 is 11.3 Å². The third kappa shape index (κ3) is 4.42. The third-order valence-electron chi connectivity index (χ3n) is 4.46. The number of hydrogen-bond donors (Lipinski definition) is 0. The van der Waals surface area contributed by atoms with Gasteiger partial charge in [0.25, 0.3) is 5.92 Å². The van der Waals surface area contributed by atoms with Crippen LogP contribution in [0.15, 0.2) is 11.0 Å². The van der Waals surface area contributed by atoms with Gasteiger partial charge >= 0.3 is 5.97 Å². The standard InChI is InChI=1S/C18H25F2NO2S/c1-5-14(16-12(2)15(10-24-16)17(22)23-4)13-6-8-21(9-7-13)11-18(3,19)20/h10H,5-9,11H2,1-4H3. The summed E-state index contributed by atoms with van der Waals surface area (Å²) in [5, 5.41) is 1.85. The maximum absolute atomic E-state index is 13.2. The van der Waals surface area contributed by atoms with Crippen molar-refractivity contribution in [1.82, 2.24) is 4.90 Å². The van der Waals surface area contributed by atoms with Crippen LogP contribution in [0.1, 0.15) is 53.9 Å². The zero-order valence-electron chi connectivity index (χ0n) is 14.7. The van der Waals surface area contributed by atoms with Crippen LogP contribution in [0.4, 0.5) is 8.78 Å². The molecule has 1 aromatic rings. The number of nitrogens with zero attached hydrogens (tertiary/aromatic N) is 1. The van der Waals surface area contributed by atoms with Crippen molar-refractivity contribution >= 4 is 22.9 Å². The fourth-order valence-corrected chi connectivity index (χ4v) is 4.50. The molecule has 1 aromatic heterocycles. The minimum Gasteiger partial charge on any atom is -0.465 e. The van der Waals surface area contributed by atoms with Crippen molar-refractivity contribution in [2.45, 2.75) is 46.0 Å². The Hall–Kier alpha value is -1.27. The third-order valence-corrected chi connectivity index (χ3v) is 5.60. The summed E-state index contributed by atoms with van der Waals surface area (Å²) in [5.41, 5.74) is 4.16. The summed E-state index contributed by atoms with van der Waals surface area (Å²) in [6, 6.07) is 0. The number of hydrogen-bond acceptors (Lipinski definition) is 4. The van der Waals surface area contributed by atoms with Crippen molar-refractivity contribution in [2.75, 3.05) is 26.7 Å². The van der Waals surface area contributed by atoms with E-state index >= 15 is 0 Å². The molecule has 0 aliphatic carbocycles. The molecule has 24 heavy (non-hydrogen) atoms. The predicted octanol–water partition coefficient (Wildman–Crippen LogP) is 4.76. The van der Waals surface area contributed by atoms with Gasteiger partial charge in [0.1, 0.15) is 0 Å². The molecular formula is C18H25F2NO2S. The first kappa shape index (κ1) is 19.1. The molecule has 2 heterocycles. The smallest absolute Gasteiger partial charge is 0.338 e. The van der Waals surface area contributed by atoms with E-state index in [-0.39, 0.29) is 12.5 Å². The van der Waals surface area contributed by atoms with E-state index in [4.69, 9.17) is 4.74 Å². The molecule has 0 amide bonds. The number of esters is 1. The number of halogens is 2. The normalized spacial score (nSPS) is 16.3. The first-order valence-corrected chi connectivity index (χ1v) is 9.12. The van der Waals surface area contributed by atoms with Crippen LogP contribution in [0.2, 0.25) is 0 Å². The molecule has 2 rings (SSSR count). The number of methoxy groups -OCH3 is 1. The molecule has 0 saturated carbocycles. The molecular weight excluding hydrogens is 332 g/mol. The van der Waals surface area contributed by atoms with E-state index in [9.17, 15) is 13.6 Å². The van der Waals surface area contributed by atoms with Crippen LogP contribution in [-0.4, -0.2) is 43.5 Å². The Labute approximate surface area is 146 Å².